The summed E-state index contributed by atoms with van der Waals surface area (Å²) in [6, 6.07) is 3.50. The third-order valence-electron chi connectivity index (χ3n) is 2.48. The summed E-state index contributed by atoms with van der Waals surface area (Å²) in [5, 5.41) is 10.6. The summed E-state index contributed by atoms with van der Waals surface area (Å²) < 4.78 is 11.2. The molecule has 0 bridgehead atoms. The summed E-state index contributed by atoms with van der Waals surface area (Å²) in [5.41, 5.74) is -0.454. The second-order valence-corrected chi connectivity index (χ2v) is 4.77. The number of hydrogen-bond acceptors (Lipinski definition) is 3. The quantitative estimate of drug-likeness (QED) is 0.823. The van der Waals surface area contributed by atoms with Gasteiger partial charge < -0.3 is 14.6 Å². The molecule has 0 aromatic heterocycles. The lowest BCUT2D eigenvalue weighted by atomic mass is 9.97. The van der Waals surface area contributed by atoms with Gasteiger partial charge in [0, 0.05) is 12.0 Å². The molecular formula is C12H15ClO3. The van der Waals surface area contributed by atoms with E-state index >= 15 is 0 Å². The molecule has 0 aliphatic carbocycles. The lowest BCUT2D eigenvalue weighted by Crippen LogP contribution is -2.18. The van der Waals surface area contributed by atoms with Crippen LogP contribution in [0.15, 0.2) is 12.1 Å². The molecule has 0 amide bonds. The van der Waals surface area contributed by atoms with Crippen molar-refractivity contribution in [3.63, 3.8) is 0 Å². The third kappa shape index (κ3) is 2.11. The molecule has 0 saturated carbocycles. The van der Waals surface area contributed by atoms with Gasteiger partial charge in [-0.15, -0.1) is 0 Å². The number of benzene rings is 1. The van der Waals surface area contributed by atoms with Gasteiger partial charge in [-0.3, -0.25) is 0 Å². The van der Waals surface area contributed by atoms with Crippen molar-refractivity contribution in [2.24, 2.45) is 0 Å². The molecule has 0 fully saturated rings. The minimum Gasteiger partial charge on any atom is -0.490 e. The van der Waals surface area contributed by atoms with Gasteiger partial charge >= 0.3 is 0 Å². The predicted octanol–water partition coefficient (Wildman–Crippen LogP) is 2.73. The van der Waals surface area contributed by atoms with Crippen molar-refractivity contribution in [2.45, 2.75) is 25.9 Å². The average Bonchev–Trinajstić information content (AvgIpc) is 2.40. The Hall–Kier alpha value is -0.930. The maximum absolute atomic E-state index is 10.1. The van der Waals surface area contributed by atoms with Crippen LogP contribution in [0.4, 0.5) is 0 Å². The molecule has 88 valence electrons. The molecule has 1 N–H and O–H groups in total. The normalized spacial score (nSPS) is 15.8. The first-order valence-corrected chi connectivity index (χ1v) is 5.69. The summed E-state index contributed by atoms with van der Waals surface area (Å²) >= 11 is 6.10. The van der Waals surface area contributed by atoms with Crippen LogP contribution in [0.3, 0.4) is 0 Å². The zero-order valence-corrected chi connectivity index (χ0v) is 10.2. The minimum atomic E-state index is -1.05. The lowest BCUT2D eigenvalue weighted by molar-refractivity contribution is 0.0748. The Balaban J connectivity index is 2.58. The number of ether oxygens (including phenoxy) is 2. The van der Waals surface area contributed by atoms with E-state index in [9.17, 15) is 5.11 Å². The molecule has 0 spiro atoms. The second kappa shape index (κ2) is 4.15. The van der Waals surface area contributed by atoms with Gasteiger partial charge in [-0.2, -0.15) is 0 Å². The molecule has 2 rings (SSSR count). The largest absolute Gasteiger partial charge is 0.490 e. The SMILES string of the molecule is CC(C)(O)c1c(Cl)ccc2c1OCCCO2. The summed E-state index contributed by atoms with van der Waals surface area (Å²) in [6.45, 7) is 4.57. The monoisotopic (exact) mass is 242 g/mol. The molecule has 4 heteroatoms. The molecule has 1 heterocycles. The van der Waals surface area contributed by atoms with Gasteiger partial charge in [0.2, 0.25) is 0 Å². The lowest BCUT2D eigenvalue weighted by Gasteiger charge is -2.23. The molecule has 0 atom stereocenters. The van der Waals surface area contributed by atoms with Crippen LogP contribution in [0.2, 0.25) is 5.02 Å². The Morgan fingerprint density at radius 2 is 1.94 bits per heavy atom. The highest BCUT2D eigenvalue weighted by atomic mass is 35.5. The summed E-state index contributed by atoms with van der Waals surface area (Å²) in [6.07, 6.45) is 0.831. The van der Waals surface area contributed by atoms with E-state index in [1.165, 1.54) is 0 Å². The highest BCUT2D eigenvalue weighted by Gasteiger charge is 2.28. The van der Waals surface area contributed by atoms with Crippen LogP contribution in [-0.4, -0.2) is 18.3 Å². The van der Waals surface area contributed by atoms with E-state index in [1.54, 1.807) is 26.0 Å². The topological polar surface area (TPSA) is 38.7 Å². The van der Waals surface area contributed by atoms with Crippen LogP contribution < -0.4 is 9.47 Å². The standard InChI is InChI=1S/C12H15ClO3/c1-12(2,14)10-8(13)4-5-9-11(10)16-7-3-6-15-9/h4-5,14H,3,6-7H2,1-2H3. The maximum Gasteiger partial charge on any atom is 0.168 e. The van der Waals surface area contributed by atoms with Gasteiger partial charge in [0.25, 0.3) is 0 Å². The highest BCUT2D eigenvalue weighted by molar-refractivity contribution is 6.31. The van der Waals surface area contributed by atoms with Crippen LogP contribution in [0.5, 0.6) is 11.5 Å². The molecule has 1 aromatic rings. The van der Waals surface area contributed by atoms with E-state index in [0.717, 1.165) is 6.42 Å². The van der Waals surface area contributed by atoms with E-state index in [0.29, 0.717) is 35.3 Å². The minimum absolute atomic E-state index is 0.497. The van der Waals surface area contributed by atoms with Crippen molar-refractivity contribution in [3.8, 4) is 11.5 Å². The van der Waals surface area contributed by atoms with Gasteiger partial charge in [-0.05, 0) is 26.0 Å². The molecule has 0 radical (unpaired) electrons. The van der Waals surface area contributed by atoms with E-state index in [1.807, 2.05) is 0 Å². The van der Waals surface area contributed by atoms with Crippen molar-refractivity contribution in [2.75, 3.05) is 13.2 Å². The van der Waals surface area contributed by atoms with E-state index < -0.39 is 5.60 Å². The van der Waals surface area contributed by atoms with E-state index in [4.69, 9.17) is 21.1 Å². The first-order valence-electron chi connectivity index (χ1n) is 5.31. The Morgan fingerprint density at radius 1 is 1.25 bits per heavy atom. The smallest absolute Gasteiger partial charge is 0.168 e. The first kappa shape index (κ1) is 11.6. The summed E-state index contributed by atoms with van der Waals surface area (Å²) in [7, 11) is 0. The fraction of sp³-hybridized carbons (Fsp3) is 0.500. The Kier molecular flexibility index (Phi) is 3.00. The van der Waals surface area contributed by atoms with Crippen LogP contribution in [0, 0.1) is 0 Å². The zero-order chi connectivity index (χ0) is 11.8. The molecule has 3 nitrogen and oxygen atoms in total. The number of hydrogen-bond donors (Lipinski definition) is 1. The maximum atomic E-state index is 10.1. The molecule has 16 heavy (non-hydrogen) atoms. The molecule has 0 unspecified atom stereocenters. The Labute approximate surface area is 99.9 Å². The Bertz CT molecular complexity index is 396. The molecular weight excluding hydrogens is 228 g/mol. The average molecular weight is 243 g/mol. The fourth-order valence-corrected chi connectivity index (χ4v) is 2.16. The molecule has 1 aromatic carbocycles. The fourth-order valence-electron chi connectivity index (χ4n) is 1.78. The zero-order valence-electron chi connectivity index (χ0n) is 9.42. The highest BCUT2D eigenvalue weighted by Crippen LogP contribution is 2.42. The van der Waals surface area contributed by atoms with Crippen LogP contribution in [0.1, 0.15) is 25.8 Å². The van der Waals surface area contributed by atoms with Gasteiger partial charge in [-0.1, -0.05) is 11.6 Å². The van der Waals surface area contributed by atoms with Gasteiger partial charge in [0.15, 0.2) is 11.5 Å². The van der Waals surface area contributed by atoms with Crippen molar-refractivity contribution in [1.29, 1.82) is 0 Å². The second-order valence-electron chi connectivity index (χ2n) is 4.36. The third-order valence-corrected chi connectivity index (χ3v) is 2.79. The first-order chi connectivity index (χ1) is 7.50. The predicted molar refractivity (Wildman–Crippen MR) is 62.3 cm³/mol. The number of rotatable bonds is 1. The van der Waals surface area contributed by atoms with Crippen molar-refractivity contribution in [1.82, 2.24) is 0 Å². The number of halogens is 1. The van der Waals surface area contributed by atoms with Crippen LogP contribution in [0.25, 0.3) is 0 Å². The van der Waals surface area contributed by atoms with Gasteiger partial charge in [0.05, 0.1) is 23.8 Å². The molecule has 1 aliphatic heterocycles. The van der Waals surface area contributed by atoms with Crippen molar-refractivity contribution >= 4 is 11.6 Å². The van der Waals surface area contributed by atoms with Crippen LogP contribution >= 0.6 is 11.6 Å². The molecule has 1 aliphatic rings. The summed E-state index contributed by atoms with van der Waals surface area (Å²) in [4.78, 5) is 0. The van der Waals surface area contributed by atoms with E-state index in [2.05, 4.69) is 0 Å². The summed E-state index contributed by atoms with van der Waals surface area (Å²) in [5.74, 6) is 1.22. The number of fused-ring (bicyclic) bond motifs is 1. The molecule has 0 saturated heterocycles. The van der Waals surface area contributed by atoms with Crippen LogP contribution in [-0.2, 0) is 5.60 Å². The number of aliphatic hydroxyl groups is 1. The van der Waals surface area contributed by atoms with Crippen molar-refractivity contribution in [3.05, 3.63) is 22.7 Å². The van der Waals surface area contributed by atoms with E-state index in [-0.39, 0.29) is 0 Å². The van der Waals surface area contributed by atoms with Gasteiger partial charge in [0.1, 0.15) is 0 Å². The van der Waals surface area contributed by atoms with Crippen molar-refractivity contribution < 1.29 is 14.6 Å². The van der Waals surface area contributed by atoms with Gasteiger partial charge in [-0.25, -0.2) is 0 Å². The Morgan fingerprint density at radius 3 is 2.62 bits per heavy atom.